The second-order valence-electron chi connectivity index (χ2n) is 3.13. The highest BCUT2D eigenvalue weighted by atomic mass is 32.2. The average molecular weight is 213 g/mol. The van der Waals surface area contributed by atoms with E-state index in [1.54, 1.807) is 12.1 Å². The zero-order valence-corrected chi connectivity index (χ0v) is 8.75. The van der Waals surface area contributed by atoms with Crippen molar-refractivity contribution >= 4 is 21.4 Å². The van der Waals surface area contributed by atoms with Crippen LogP contribution >= 0.6 is 0 Å². The summed E-state index contributed by atoms with van der Waals surface area (Å²) in [7, 11) is -2.24. The van der Waals surface area contributed by atoms with Gasteiger partial charge in [0.15, 0.2) is 0 Å². The van der Waals surface area contributed by atoms with Gasteiger partial charge < -0.3 is 5.11 Å². The molecule has 0 aromatic heterocycles. The molecule has 5 heteroatoms. The first-order valence-electron chi connectivity index (χ1n) is 3.89. The predicted molar refractivity (Wildman–Crippen MR) is 55.5 cm³/mol. The Hall–Kier alpha value is -1.36. The molecule has 1 rings (SSSR count). The normalized spacial score (nSPS) is 11.0. The number of carbonyl (C=O) groups is 1. The summed E-state index contributed by atoms with van der Waals surface area (Å²) in [5, 5.41) is 8.69. The van der Waals surface area contributed by atoms with Crippen LogP contribution in [0.25, 0.3) is 0 Å². The van der Waals surface area contributed by atoms with Gasteiger partial charge >= 0.3 is 5.97 Å². The van der Waals surface area contributed by atoms with Gasteiger partial charge in [0, 0.05) is 22.2 Å². The Morgan fingerprint density at radius 1 is 1.43 bits per heavy atom. The Morgan fingerprint density at radius 2 is 2.07 bits per heavy atom. The molecular formula is C9H11NO3S. The molecular weight excluding hydrogens is 202 g/mol. The maximum Gasteiger partial charge on any atom is 0.335 e. The van der Waals surface area contributed by atoms with Crippen molar-refractivity contribution in [1.82, 2.24) is 0 Å². The van der Waals surface area contributed by atoms with Crippen LogP contribution in [0.15, 0.2) is 28.6 Å². The first-order chi connectivity index (χ1) is 6.38. The molecule has 0 radical (unpaired) electrons. The minimum Gasteiger partial charge on any atom is -0.478 e. The third kappa shape index (κ3) is 3.18. The van der Waals surface area contributed by atoms with E-state index < -0.39 is 15.7 Å². The van der Waals surface area contributed by atoms with E-state index in [1.165, 1.54) is 24.6 Å². The van der Waals surface area contributed by atoms with Crippen molar-refractivity contribution in [2.75, 3.05) is 12.5 Å². The summed E-state index contributed by atoms with van der Waals surface area (Å²) in [6.07, 6.45) is 3.00. The van der Waals surface area contributed by atoms with Gasteiger partial charge in [-0.05, 0) is 18.2 Å². The Kier molecular flexibility index (Phi) is 2.90. The fourth-order valence-electron chi connectivity index (χ4n) is 0.950. The van der Waals surface area contributed by atoms with Gasteiger partial charge in [0.1, 0.15) is 0 Å². The molecule has 0 heterocycles. The molecule has 14 heavy (non-hydrogen) atoms. The van der Waals surface area contributed by atoms with Crippen LogP contribution in [0.5, 0.6) is 0 Å². The Balaban J connectivity index is 3.20. The van der Waals surface area contributed by atoms with Gasteiger partial charge in [0.25, 0.3) is 0 Å². The lowest BCUT2D eigenvalue weighted by molar-refractivity contribution is 0.0697. The largest absolute Gasteiger partial charge is 0.478 e. The van der Waals surface area contributed by atoms with E-state index in [4.69, 9.17) is 5.11 Å². The summed E-state index contributed by atoms with van der Waals surface area (Å²) in [5.41, 5.74) is 0.579. The van der Waals surface area contributed by atoms with Crippen molar-refractivity contribution in [3.8, 4) is 0 Å². The lowest BCUT2D eigenvalue weighted by atomic mass is 10.2. The molecule has 0 saturated carbocycles. The lowest BCUT2D eigenvalue weighted by Gasteiger charge is -1.98. The zero-order valence-electron chi connectivity index (χ0n) is 7.93. The highest BCUT2D eigenvalue weighted by molar-refractivity contribution is 7.92. The minimum atomic E-state index is -2.24. The van der Waals surface area contributed by atoms with Crippen LogP contribution in [0.1, 0.15) is 10.4 Å². The molecule has 0 spiro atoms. The van der Waals surface area contributed by atoms with Gasteiger partial charge in [0.2, 0.25) is 0 Å². The molecule has 0 aliphatic carbocycles. The zero-order chi connectivity index (χ0) is 10.8. The SMILES string of the molecule is CS(C)(=O)=Nc1cccc(C(=O)O)c1. The number of hydrogen-bond acceptors (Lipinski definition) is 3. The van der Waals surface area contributed by atoms with Gasteiger partial charge in [0.05, 0.1) is 11.3 Å². The molecule has 0 aliphatic rings. The molecule has 0 fully saturated rings. The van der Waals surface area contributed by atoms with E-state index in [1.807, 2.05) is 0 Å². The number of rotatable bonds is 2. The van der Waals surface area contributed by atoms with Crippen LogP contribution in [0.2, 0.25) is 0 Å². The van der Waals surface area contributed by atoms with Crippen molar-refractivity contribution in [3.63, 3.8) is 0 Å². The number of nitrogens with zero attached hydrogens (tertiary/aromatic N) is 1. The summed E-state index contributed by atoms with van der Waals surface area (Å²) < 4.78 is 15.2. The molecule has 4 nitrogen and oxygen atoms in total. The Labute approximate surface area is 82.8 Å². The van der Waals surface area contributed by atoms with Gasteiger partial charge in [-0.2, -0.15) is 4.36 Å². The van der Waals surface area contributed by atoms with Gasteiger partial charge in [-0.3, -0.25) is 0 Å². The van der Waals surface area contributed by atoms with Gasteiger partial charge in [-0.1, -0.05) is 6.07 Å². The predicted octanol–water partition coefficient (Wildman–Crippen LogP) is 1.74. The van der Waals surface area contributed by atoms with Crippen molar-refractivity contribution < 1.29 is 14.1 Å². The second kappa shape index (κ2) is 3.79. The maximum absolute atomic E-state index is 11.3. The van der Waals surface area contributed by atoms with Gasteiger partial charge in [-0.15, -0.1) is 0 Å². The molecule has 0 bridgehead atoms. The summed E-state index contributed by atoms with van der Waals surface area (Å²) in [5.74, 6) is -1.01. The van der Waals surface area contributed by atoms with Gasteiger partial charge in [-0.25, -0.2) is 9.00 Å². The topological polar surface area (TPSA) is 66.7 Å². The van der Waals surface area contributed by atoms with Crippen molar-refractivity contribution in [2.45, 2.75) is 0 Å². The van der Waals surface area contributed by atoms with E-state index >= 15 is 0 Å². The highest BCUT2D eigenvalue weighted by Gasteiger charge is 2.02. The minimum absolute atomic E-state index is 0.148. The van der Waals surface area contributed by atoms with Crippen molar-refractivity contribution in [3.05, 3.63) is 29.8 Å². The second-order valence-corrected chi connectivity index (χ2v) is 5.67. The molecule has 0 saturated heterocycles. The fraction of sp³-hybridized carbons (Fsp3) is 0.222. The number of carboxylic acid groups (broad SMARTS) is 1. The first-order valence-corrected chi connectivity index (χ1v) is 6.22. The average Bonchev–Trinajstić information content (AvgIpc) is 2.01. The van der Waals surface area contributed by atoms with E-state index in [2.05, 4.69) is 4.36 Å². The molecule has 1 aromatic carbocycles. The van der Waals surface area contributed by atoms with E-state index in [0.717, 1.165) is 0 Å². The third-order valence-electron chi connectivity index (χ3n) is 1.42. The van der Waals surface area contributed by atoms with E-state index in [-0.39, 0.29) is 5.56 Å². The standard InChI is InChI=1S/C9H11NO3S/c1-14(2,13)10-8-5-3-4-7(6-8)9(11)12/h3-6H,1-2H3,(H,11,12). The van der Waals surface area contributed by atoms with Crippen LogP contribution in [0, 0.1) is 0 Å². The number of hydrogen-bond donors (Lipinski definition) is 1. The van der Waals surface area contributed by atoms with Crippen LogP contribution in [0.4, 0.5) is 5.69 Å². The molecule has 0 atom stereocenters. The smallest absolute Gasteiger partial charge is 0.335 e. The molecule has 0 aliphatic heterocycles. The fourth-order valence-corrected chi connectivity index (χ4v) is 1.57. The van der Waals surface area contributed by atoms with E-state index in [0.29, 0.717) is 5.69 Å². The van der Waals surface area contributed by atoms with Crippen molar-refractivity contribution in [2.24, 2.45) is 4.36 Å². The van der Waals surface area contributed by atoms with E-state index in [9.17, 15) is 9.00 Å². The molecule has 76 valence electrons. The maximum atomic E-state index is 11.3. The highest BCUT2D eigenvalue weighted by Crippen LogP contribution is 2.15. The summed E-state index contributed by atoms with van der Waals surface area (Å²) in [6.45, 7) is 0. The lowest BCUT2D eigenvalue weighted by Crippen LogP contribution is -1.95. The third-order valence-corrected chi connectivity index (χ3v) is 2.07. The first kappa shape index (κ1) is 10.7. The number of carboxylic acids is 1. The quantitative estimate of drug-likeness (QED) is 0.813. The van der Waals surface area contributed by atoms with Crippen LogP contribution in [-0.2, 0) is 9.73 Å². The summed E-state index contributed by atoms with van der Waals surface area (Å²) >= 11 is 0. The molecule has 0 amide bonds. The van der Waals surface area contributed by atoms with Crippen molar-refractivity contribution in [1.29, 1.82) is 0 Å². The number of benzene rings is 1. The summed E-state index contributed by atoms with van der Waals surface area (Å²) in [4.78, 5) is 10.6. The monoisotopic (exact) mass is 213 g/mol. The van der Waals surface area contributed by atoms with Crippen LogP contribution in [0.3, 0.4) is 0 Å². The van der Waals surface area contributed by atoms with Crippen LogP contribution < -0.4 is 0 Å². The molecule has 1 aromatic rings. The van der Waals surface area contributed by atoms with Crippen LogP contribution in [-0.4, -0.2) is 27.8 Å². The molecule has 1 N–H and O–H groups in total. The molecule has 0 unspecified atom stereocenters. The Morgan fingerprint density at radius 3 is 2.57 bits per heavy atom. The summed E-state index contributed by atoms with van der Waals surface area (Å²) in [6, 6.07) is 6.07. The number of aromatic carboxylic acids is 1. The Bertz CT molecular complexity index is 465.